The molecule has 3 aromatic rings. The van der Waals surface area contributed by atoms with Crippen molar-refractivity contribution < 1.29 is 23.9 Å². The number of non-ortho nitro benzene ring substituents is 1. The molecule has 172 valence electrons. The lowest BCUT2D eigenvalue weighted by Crippen LogP contribution is -2.05. The van der Waals surface area contributed by atoms with Crippen LogP contribution in [0.15, 0.2) is 75.8 Å². The van der Waals surface area contributed by atoms with E-state index >= 15 is 0 Å². The lowest BCUT2D eigenvalue weighted by atomic mass is 10.1. The van der Waals surface area contributed by atoms with E-state index in [1.807, 2.05) is 18.2 Å². The summed E-state index contributed by atoms with van der Waals surface area (Å²) < 4.78 is 18.5. The van der Waals surface area contributed by atoms with E-state index in [-0.39, 0.29) is 23.9 Å². The zero-order chi connectivity index (χ0) is 24.2. The van der Waals surface area contributed by atoms with Gasteiger partial charge in [0.1, 0.15) is 6.61 Å². The topological polar surface area (TPSA) is 100 Å². The molecule has 0 spiro atoms. The first-order valence-electron chi connectivity index (χ1n) is 9.86. The van der Waals surface area contributed by atoms with Gasteiger partial charge in [-0.25, -0.2) is 9.79 Å². The molecular weight excluding hydrogens is 619 g/mol. The number of hydrogen-bond donors (Lipinski definition) is 0. The highest BCUT2D eigenvalue weighted by Gasteiger charge is 2.24. The largest absolute Gasteiger partial charge is 0.493 e. The number of halogens is 2. The Kier molecular flexibility index (Phi) is 7.27. The van der Waals surface area contributed by atoms with E-state index in [1.54, 1.807) is 36.4 Å². The molecule has 0 fully saturated rings. The van der Waals surface area contributed by atoms with Crippen LogP contribution in [-0.4, -0.2) is 23.9 Å². The highest BCUT2D eigenvalue weighted by atomic mass is 127. The molecule has 8 nitrogen and oxygen atoms in total. The van der Waals surface area contributed by atoms with E-state index in [1.165, 1.54) is 19.2 Å². The SMILES string of the molecule is COc1cc(/C=C2\N=C(c3ccc(I)c(Br)c3)OC2=O)ccc1OCc1cccc([N+](=O)[O-])c1. The Labute approximate surface area is 216 Å². The molecule has 0 N–H and O–H groups in total. The summed E-state index contributed by atoms with van der Waals surface area (Å²) in [6, 6.07) is 17.0. The first-order valence-corrected chi connectivity index (χ1v) is 11.7. The number of nitro groups is 1. The number of nitrogens with zero attached hydrogens (tertiary/aromatic N) is 2. The van der Waals surface area contributed by atoms with Crippen LogP contribution in [0.2, 0.25) is 0 Å². The van der Waals surface area contributed by atoms with Crippen LogP contribution in [0.3, 0.4) is 0 Å². The molecule has 0 saturated carbocycles. The zero-order valence-corrected chi connectivity index (χ0v) is 21.4. The monoisotopic (exact) mass is 634 g/mol. The average Bonchev–Trinajstić information content (AvgIpc) is 3.20. The summed E-state index contributed by atoms with van der Waals surface area (Å²) in [6.07, 6.45) is 1.60. The van der Waals surface area contributed by atoms with Gasteiger partial charge in [-0.05, 0) is 86.1 Å². The fraction of sp³-hybridized carbons (Fsp3) is 0.0833. The Morgan fingerprint density at radius 1 is 1.15 bits per heavy atom. The third-order valence-electron chi connectivity index (χ3n) is 4.79. The number of hydrogen-bond acceptors (Lipinski definition) is 7. The van der Waals surface area contributed by atoms with Gasteiger partial charge >= 0.3 is 5.97 Å². The van der Waals surface area contributed by atoms with Gasteiger partial charge in [-0.2, -0.15) is 0 Å². The fourth-order valence-electron chi connectivity index (χ4n) is 3.13. The van der Waals surface area contributed by atoms with Crippen LogP contribution in [0.25, 0.3) is 6.08 Å². The van der Waals surface area contributed by atoms with Crippen molar-refractivity contribution in [2.45, 2.75) is 6.61 Å². The molecule has 0 bridgehead atoms. The highest BCUT2D eigenvalue weighted by molar-refractivity contribution is 14.1. The van der Waals surface area contributed by atoms with Gasteiger partial charge in [0, 0.05) is 25.7 Å². The van der Waals surface area contributed by atoms with Crippen molar-refractivity contribution in [2.75, 3.05) is 7.11 Å². The van der Waals surface area contributed by atoms with Gasteiger partial charge in [0.15, 0.2) is 17.2 Å². The van der Waals surface area contributed by atoms with Gasteiger partial charge < -0.3 is 14.2 Å². The first kappa shape index (κ1) is 23.9. The second-order valence-corrected chi connectivity index (χ2v) is 9.11. The van der Waals surface area contributed by atoms with Crippen LogP contribution in [0, 0.1) is 13.7 Å². The Balaban J connectivity index is 1.53. The molecule has 1 heterocycles. The van der Waals surface area contributed by atoms with Crippen molar-refractivity contribution in [1.29, 1.82) is 0 Å². The summed E-state index contributed by atoms with van der Waals surface area (Å²) in [4.78, 5) is 27.2. The summed E-state index contributed by atoms with van der Waals surface area (Å²) in [5.74, 6) is 0.585. The summed E-state index contributed by atoms with van der Waals surface area (Å²) in [6.45, 7) is 0.129. The number of ether oxygens (including phenoxy) is 3. The van der Waals surface area contributed by atoms with E-state index in [4.69, 9.17) is 14.2 Å². The van der Waals surface area contributed by atoms with Crippen LogP contribution in [0.5, 0.6) is 11.5 Å². The minimum Gasteiger partial charge on any atom is -0.493 e. The molecule has 4 rings (SSSR count). The molecule has 0 aromatic heterocycles. The van der Waals surface area contributed by atoms with Crippen molar-refractivity contribution in [3.63, 3.8) is 0 Å². The maximum atomic E-state index is 12.3. The van der Waals surface area contributed by atoms with Crippen molar-refractivity contribution >= 4 is 62.2 Å². The fourth-order valence-corrected chi connectivity index (χ4v) is 3.85. The van der Waals surface area contributed by atoms with Crippen LogP contribution in [-0.2, 0) is 16.1 Å². The summed E-state index contributed by atoms with van der Waals surface area (Å²) >= 11 is 5.66. The molecule has 0 unspecified atom stereocenters. The molecule has 34 heavy (non-hydrogen) atoms. The van der Waals surface area contributed by atoms with Crippen molar-refractivity contribution in [1.82, 2.24) is 0 Å². The average molecular weight is 635 g/mol. The molecular formula is C24H16BrIN2O6. The Morgan fingerprint density at radius 2 is 1.97 bits per heavy atom. The second-order valence-electron chi connectivity index (χ2n) is 7.09. The molecule has 0 amide bonds. The Bertz CT molecular complexity index is 1360. The number of aliphatic imine (C=N–C) groups is 1. The summed E-state index contributed by atoms with van der Waals surface area (Å²) in [7, 11) is 1.50. The van der Waals surface area contributed by atoms with Crippen molar-refractivity contribution in [3.8, 4) is 11.5 Å². The lowest BCUT2D eigenvalue weighted by Gasteiger charge is -2.11. The molecule has 3 aromatic carbocycles. The van der Waals surface area contributed by atoms with E-state index in [0.717, 1.165) is 8.04 Å². The first-order chi connectivity index (χ1) is 16.3. The standard InChI is InChI=1S/C24H16BrIN2O6/c1-32-22-11-14(5-8-21(22)33-13-15-3-2-4-17(9-15)28(30)31)10-20-24(29)34-23(27-20)16-6-7-19(26)18(25)12-16/h2-12H,13H2,1H3/b20-10-. The van der Waals surface area contributed by atoms with Crippen LogP contribution < -0.4 is 9.47 Å². The predicted octanol–water partition coefficient (Wildman–Crippen LogP) is 5.89. The number of rotatable bonds is 7. The number of carbonyl (C=O) groups excluding carboxylic acids is 1. The van der Waals surface area contributed by atoms with Gasteiger partial charge in [0.2, 0.25) is 5.90 Å². The minimum atomic E-state index is -0.547. The van der Waals surface area contributed by atoms with Gasteiger partial charge in [-0.1, -0.05) is 18.2 Å². The van der Waals surface area contributed by atoms with Crippen LogP contribution in [0.4, 0.5) is 5.69 Å². The Morgan fingerprint density at radius 3 is 2.71 bits per heavy atom. The molecule has 10 heteroatoms. The van der Waals surface area contributed by atoms with E-state index in [9.17, 15) is 14.9 Å². The molecule has 1 aliphatic rings. The van der Waals surface area contributed by atoms with Crippen molar-refractivity contribution in [2.24, 2.45) is 4.99 Å². The zero-order valence-electron chi connectivity index (χ0n) is 17.7. The Hall–Kier alpha value is -3.25. The quantitative estimate of drug-likeness (QED) is 0.106. The number of benzene rings is 3. The summed E-state index contributed by atoms with van der Waals surface area (Å²) in [5.41, 5.74) is 2.17. The van der Waals surface area contributed by atoms with Crippen molar-refractivity contribution in [3.05, 3.63) is 101 Å². The van der Waals surface area contributed by atoms with Crippen LogP contribution in [0.1, 0.15) is 16.7 Å². The number of esters is 1. The van der Waals surface area contributed by atoms with Gasteiger partial charge in [-0.15, -0.1) is 0 Å². The maximum absolute atomic E-state index is 12.3. The molecule has 0 atom stereocenters. The van der Waals surface area contributed by atoms with Gasteiger partial charge in [0.25, 0.3) is 5.69 Å². The smallest absolute Gasteiger partial charge is 0.363 e. The number of nitro benzene ring substituents is 1. The van der Waals surface area contributed by atoms with E-state index < -0.39 is 10.9 Å². The van der Waals surface area contributed by atoms with Gasteiger partial charge in [0.05, 0.1) is 12.0 Å². The number of methoxy groups -OCH3 is 1. The second kappa shape index (κ2) is 10.3. The highest BCUT2D eigenvalue weighted by Crippen LogP contribution is 2.31. The third kappa shape index (κ3) is 5.45. The summed E-state index contributed by atoms with van der Waals surface area (Å²) in [5, 5.41) is 11.0. The third-order valence-corrected chi connectivity index (χ3v) is 7.13. The maximum Gasteiger partial charge on any atom is 0.363 e. The predicted molar refractivity (Wildman–Crippen MR) is 138 cm³/mol. The molecule has 0 saturated heterocycles. The molecule has 0 radical (unpaired) electrons. The van der Waals surface area contributed by atoms with E-state index in [0.29, 0.717) is 28.2 Å². The van der Waals surface area contributed by atoms with Crippen LogP contribution >= 0.6 is 38.5 Å². The van der Waals surface area contributed by atoms with E-state index in [2.05, 4.69) is 43.5 Å². The van der Waals surface area contributed by atoms with Gasteiger partial charge in [-0.3, -0.25) is 10.1 Å². The minimum absolute atomic E-state index is 0.00370. The lowest BCUT2D eigenvalue weighted by molar-refractivity contribution is -0.384. The molecule has 1 aliphatic heterocycles. The number of cyclic esters (lactones) is 1. The normalized spacial score (nSPS) is 14.0. The molecule has 0 aliphatic carbocycles. The number of carbonyl (C=O) groups is 1.